The van der Waals surface area contributed by atoms with Crippen LogP contribution in [0.2, 0.25) is 0 Å². The summed E-state index contributed by atoms with van der Waals surface area (Å²) in [5.74, 6) is -0.211. The van der Waals surface area contributed by atoms with E-state index in [1.165, 1.54) is 0 Å². The third-order valence-electron chi connectivity index (χ3n) is 4.12. The molecule has 0 saturated carbocycles. The number of aryl methyl sites for hydroxylation is 2. The molecule has 8 nitrogen and oxygen atoms in total. The second-order valence-corrected chi connectivity index (χ2v) is 5.94. The van der Waals surface area contributed by atoms with Crippen molar-refractivity contribution in [1.82, 2.24) is 10.3 Å². The highest BCUT2D eigenvalue weighted by molar-refractivity contribution is 5.98. The molecular formula is C20H20N2O6. The van der Waals surface area contributed by atoms with Crippen LogP contribution in [-0.2, 0) is 9.47 Å². The molecule has 2 aromatic heterocycles. The Morgan fingerprint density at radius 3 is 1.46 bits per heavy atom. The molecule has 3 rings (SSSR count). The fourth-order valence-corrected chi connectivity index (χ4v) is 2.81. The van der Waals surface area contributed by atoms with Crippen LogP contribution >= 0.6 is 0 Å². The minimum absolute atomic E-state index is 0.254. The summed E-state index contributed by atoms with van der Waals surface area (Å²) in [4.78, 5) is 24.4. The first-order valence-corrected chi connectivity index (χ1v) is 8.85. The number of hydrogen-bond acceptors (Lipinski definition) is 8. The van der Waals surface area contributed by atoms with E-state index in [2.05, 4.69) is 10.3 Å². The number of nitrogens with zero attached hydrogens (tertiary/aromatic N) is 2. The van der Waals surface area contributed by atoms with Crippen molar-refractivity contribution < 1.29 is 28.1 Å². The lowest BCUT2D eigenvalue weighted by Gasteiger charge is -2.05. The van der Waals surface area contributed by atoms with E-state index in [0.717, 1.165) is 0 Å². The van der Waals surface area contributed by atoms with Crippen LogP contribution in [-0.4, -0.2) is 35.5 Å². The molecule has 0 aliphatic rings. The predicted molar refractivity (Wildman–Crippen MR) is 98.8 cm³/mol. The Labute approximate surface area is 161 Å². The van der Waals surface area contributed by atoms with Crippen molar-refractivity contribution in [2.24, 2.45) is 0 Å². The molecule has 1 aromatic carbocycles. The summed E-state index contributed by atoms with van der Waals surface area (Å²) in [5.41, 5.74) is 2.70. The predicted octanol–water partition coefficient (Wildman–Crippen LogP) is 3.97. The summed E-state index contributed by atoms with van der Waals surface area (Å²) in [5, 5.41) is 7.96. The number of benzene rings is 1. The van der Waals surface area contributed by atoms with Gasteiger partial charge in [0.2, 0.25) is 0 Å². The van der Waals surface area contributed by atoms with Crippen LogP contribution in [0.4, 0.5) is 0 Å². The molecule has 0 aliphatic carbocycles. The molecule has 0 bridgehead atoms. The van der Waals surface area contributed by atoms with Crippen molar-refractivity contribution in [3.05, 3.63) is 46.9 Å². The molecule has 3 aromatic rings. The van der Waals surface area contributed by atoms with Gasteiger partial charge in [-0.05, 0) is 27.7 Å². The summed E-state index contributed by atoms with van der Waals surface area (Å²) in [6, 6.07) is 7.03. The first kappa shape index (κ1) is 19.3. The van der Waals surface area contributed by atoms with E-state index in [1.54, 1.807) is 52.0 Å². The van der Waals surface area contributed by atoms with Crippen LogP contribution in [0.25, 0.3) is 22.5 Å². The number of ether oxygens (including phenoxy) is 2. The standard InChI is InChI=1S/C20H20N2O6/c1-5-25-19(23)15-11(3)27-21-17(15)13-7-9-14(10-8-13)18-16(12(4)28-22-18)20(24)26-6-2/h7-10H,5-6H2,1-4H3. The lowest BCUT2D eigenvalue weighted by atomic mass is 10.0. The van der Waals surface area contributed by atoms with Crippen LogP contribution in [0, 0.1) is 13.8 Å². The van der Waals surface area contributed by atoms with E-state index in [-0.39, 0.29) is 13.2 Å². The molecule has 0 atom stereocenters. The van der Waals surface area contributed by atoms with E-state index in [9.17, 15) is 9.59 Å². The number of aromatic nitrogens is 2. The van der Waals surface area contributed by atoms with Crippen LogP contribution < -0.4 is 0 Å². The van der Waals surface area contributed by atoms with Gasteiger partial charge in [-0.3, -0.25) is 0 Å². The molecule has 8 heteroatoms. The summed E-state index contributed by atoms with van der Waals surface area (Å²) < 4.78 is 20.5. The Balaban J connectivity index is 1.97. The fourth-order valence-electron chi connectivity index (χ4n) is 2.81. The van der Waals surface area contributed by atoms with Gasteiger partial charge in [-0.1, -0.05) is 34.6 Å². The smallest absolute Gasteiger partial charge is 0.344 e. The number of hydrogen-bond donors (Lipinski definition) is 0. The van der Waals surface area contributed by atoms with Crippen LogP contribution in [0.1, 0.15) is 46.1 Å². The Kier molecular flexibility index (Phi) is 5.58. The molecule has 0 saturated heterocycles. The van der Waals surface area contributed by atoms with Gasteiger partial charge in [0, 0.05) is 11.1 Å². The van der Waals surface area contributed by atoms with Crippen molar-refractivity contribution in [2.75, 3.05) is 13.2 Å². The zero-order chi connectivity index (χ0) is 20.3. The molecule has 0 spiro atoms. The number of esters is 2. The second-order valence-electron chi connectivity index (χ2n) is 5.94. The SMILES string of the molecule is CCOC(=O)c1c(-c2ccc(-c3noc(C)c3C(=O)OCC)cc2)noc1C. The van der Waals surface area contributed by atoms with Gasteiger partial charge < -0.3 is 18.5 Å². The number of rotatable bonds is 6. The first-order valence-electron chi connectivity index (χ1n) is 8.85. The van der Waals surface area contributed by atoms with Crippen LogP contribution in [0.5, 0.6) is 0 Å². The largest absolute Gasteiger partial charge is 0.462 e. The summed E-state index contributed by atoms with van der Waals surface area (Å²) in [6.45, 7) is 7.28. The molecule has 0 radical (unpaired) electrons. The molecule has 28 heavy (non-hydrogen) atoms. The van der Waals surface area contributed by atoms with Gasteiger partial charge in [0.05, 0.1) is 13.2 Å². The lowest BCUT2D eigenvalue weighted by Crippen LogP contribution is -2.07. The van der Waals surface area contributed by atoms with E-state index in [4.69, 9.17) is 18.5 Å². The quantitative estimate of drug-likeness (QED) is 0.588. The van der Waals surface area contributed by atoms with Crippen molar-refractivity contribution in [3.63, 3.8) is 0 Å². The highest BCUT2D eigenvalue weighted by atomic mass is 16.5. The minimum atomic E-state index is -0.489. The van der Waals surface area contributed by atoms with E-state index in [0.29, 0.717) is 45.2 Å². The second kappa shape index (κ2) is 8.08. The molecule has 0 aliphatic heterocycles. The maximum absolute atomic E-state index is 12.2. The van der Waals surface area contributed by atoms with E-state index < -0.39 is 11.9 Å². The van der Waals surface area contributed by atoms with Gasteiger partial charge in [0.1, 0.15) is 34.0 Å². The van der Waals surface area contributed by atoms with Crippen LogP contribution in [0.3, 0.4) is 0 Å². The maximum Gasteiger partial charge on any atom is 0.344 e. The summed E-state index contributed by atoms with van der Waals surface area (Å²) in [7, 11) is 0. The van der Waals surface area contributed by atoms with Gasteiger partial charge in [0.15, 0.2) is 0 Å². The molecule has 0 N–H and O–H groups in total. The normalized spacial score (nSPS) is 10.7. The molecule has 0 fully saturated rings. The zero-order valence-electron chi connectivity index (χ0n) is 16.1. The Bertz CT molecular complexity index is 919. The fraction of sp³-hybridized carbons (Fsp3) is 0.300. The van der Waals surface area contributed by atoms with Crippen molar-refractivity contribution in [2.45, 2.75) is 27.7 Å². The molecule has 0 amide bonds. The van der Waals surface area contributed by atoms with E-state index >= 15 is 0 Å². The van der Waals surface area contributed by atoms with Gasteiger partial charge >= 0.3 is 11.9 Å². The van der Waals surface area contributed by atoms with Gasteiger partial charge in [-0.25, -0.2) is 9.59 Å². The van der Waals surface area contributed by atoms with Gasteiger partial charge in [-0.15, -0.1) is 0 Å². The van der Waals surface area contributed by atoms with Crippen molar-refractivity contribution in [3.8, 4) is 22.5 Å². The number of carbonyl (C=O) groups excluding carboxylic acids is 2. The van der Waals surface area contributed by atoms with Crippen LogP contribution in [0.15, 0.2) is 33.3 Å². The monoisotopic (exact) mass is 384 g/mol. The van der Waals surface area contributed by atoms with Crippen molar-refractivity contribution in [1.29, 1.82) is 0 Å². The summed E-state index contributed by atoms with van der Waals surface area (Å²) >= 11 is 0. The third kappa shape index (κ3) is 3.53. The topological polar surface area (TPSA) is 105 Å². The van der Waals surface area contributed by atoms with Crippen molar-refractivity contribution >= 4 is 11.9 Å². The summed E-state index contributed by atoms with van der Waals surface area (Å²) in [6.07, 6.45) is 0. The first-order chi connectivity index (χ1) is 13.5. The van der Waals surface area contributed by atoms with Gasteiger partial charge in [0.25, 0.3) is 0 Å². The Hall–Kier alpha value is -3.42. The minimum Gasteiger partial charge on any atom is -0.462 e. The highest BCUT2D eigenvalue weighted by Gasteiger charge is 2.25. The number of carbonyl (C=O) groups is 2. The average molecular weight is 384 g/mol. The zero-order valence-corrected chi connectivity index (χ0v) is 16.1. The molecule has 146 valence electrons. The molecule has 2 heterocycles. The lowest BCUT2D eigenvalue weighted by molar-refractivity contribution is 0.0515. The molecule has 0 unspecified atom stereocenters. The molecular weight excluding hydrogens is 364 g/mol. The third-order valence-corrected chi connectivity index (χ3v) is 4.12. The average Bonchev–Trinajstić information content (AvgIpc) is 3.25. The van der Waals surface area contributed by atoms with E-state index in [1.807, 2.05) is 0 Å². The van der Waals surface area contributed by atoms with Gasteiger partial charge in [-0.2, -0.15) is 0 Å². The highest BCUT2D eigenvalue weighted by Crippen LogP contribution is 2.30. The Morgan fingerprint density at radius 1 is 0.786 bits per heavy atom. The maximum atomic E-state index is 12.2. The Morgan fingerprint density at radius 2 is 1.14 bits per heavy atom.